The number of hydrogen-bond donors (Lipinski definition) is 2. The number of likely N-dealkylation sites (tertiary alicyclic amines) is 1. The molecule has 1 saturated heterocycles. The lowest BCUT2D eigenvalue weighted by Gasteiger charge is -2.62. The van der Waals surface area contributed by atoms with E-state index in [9.17, 15) is 15.2 Å². The second-order valence-corrected chi connectivity index (χ2v) is 7.94. The Balaban J connectivity index is 0.00000392. The van der Waals surface area contributed by atoms with Crippen LogP contribution in [0.1, 0.15) is 34.6 Å². The van der Waals surface area contributed by atoms with Crippen molar-refractivity contribution in [3.63, 3.8) is 0 Å². The number of nitro groups is 1. The smallest absolute Gasteiger partial charge is 0.269 e. The second-order valence-electron chi connectivity index (χ2n) is 7.94. The summed E-state index contributed by atoms with van der Waals surface area (Å²) in [6, 6.07) is 5.78. The number of non-ortho nitro benzene ring substituents is 1. The molecule has 1 atom stereocenters. The molecule has 1 heterocycles. The minimum absolute atomic E-state index is 0. The van der Waals surface area contributed by atoms with E-state index >= 15 is 0 Å². The van der Waals surface area contributed by atoms with Gasteiger partial charge in [-0.1, -0.05) is 13.8 Å². The maximum Gasteiger partial charge on any atom is 0.269 e. The van der Waals surface area contributed by atoms with E-state index in [0.717, 1.165) is 19.0 Å². The van der Waals surface area contributed by atoms with Crippen molar-refractivity contribution in [3.8, 4) is 5.75 Å². The molecule has 158 valence electrons. The first-order valence-corrected chi connectivity index (χ1v) is 9.20. The predicted molar refractivity (Wildman–Crippen MR) is 121 cm³/mol. The number of rotatable bonds is 7. The second kappa shape index (κ2) is 9.73. The third-order valence-corrected chi connectivity index (χ3v) is 5.42. The quantitative estimate of drug-likeness (QED) is 0.194. The highest BCUT2D eigenvalue weighted by Gasteiger charge is 2.53. The van der Waals surface area contributed by atoms with Crippen molar-refractivity contribution < 1.29 is 14.8 Å². The van der Waals surface area contributed by atoms with E-state index in [1.165, 1.54) is 24.3 Å². The molecule has 0 bridgehead atoms. The molecule has 0 spiro atoms. The lowest BCUT2D eigenvalue weighted by Crippen LogP contribution is -2.72. The van der Waals surface area contributed by atoms with Crippen LogP contribution in [-0.4, -0.2) is 58.8 Å². The summed E-state index contributed by atoms with van der Waals surface area (Å²) in [5.74, 6) is 1.26. The molecule has 2 N–H and O–H groups in total. The highest BCUT2D eigenvalue weighted by Crippen LogP contribution is 2.46. The Morgan fingerprint density at radius 1 is 1.36 bits per heavy atom. The van der Waals surface area contributed by atoms with Crippen LogP contribution in [0.4, 0.5) is 5.69 Å². The summed E-state index contributed by atoms with van der Waals surface area (Å²) in [6.07, 6.45) is -0.772. The summed E-state index contributed by atoms with van der Waals surface area (Å²) in [5.41, 5.74) is 0.178. The van der Waals surface area contributed by atoms with Crippen molar-refractivity contribution in [2.45, 2.75) is 46.3 Å². The van der Waals surface area contributed by atoms with Gasteiger partial charge in [0, 0.05) is 36.2 Å². The predicted octanol–water partition coefficient (Wildman–Crippen LogP) is 3.04. The van der Waals surface area contributed by atoms with Crippen molar-refractivity contribution >= 4 is 35.6 Å². The van der Waals surface area contributed by atoms with Gasteiger partial charge < -0.3 is 20.1 Å². The van der Waals surface area contributed by atoms with Gasteiger partial charge in [-0.15, -0.1) is 24.0 Å². The van der Waals surface area contributed by atoms with Crippen LogP contribution in [0, 0.1) is 15.5 Å². The molecular formula is C19H31IN4O4. The highest BCUT2D eigenvalue weighted by atomic mass is 127. The molecule has 0 amide bonds. The lowest BCUT2D eigenvalue weighted by atomic mass is 9.65. The van der Waals surface area contributed by atoms with Gasteiger partial charge in [-0.25, -0.2) is 0 Å². The number of benzene rings is 1. The topological polar surface area (TPSA) is 100 Å². The first-order chi connectivity index (χ1) is 12.6. The van der Waals surface area contributed by atoms with Crippen LogP contribution in [0.3, 0.4) is 0 Å². The standard InChI is InChI=1S/C19H30N4O4.HI/c1-6-20-17(22-13-18(2,3)19(22,4)5)21-11-15(24)12-27-16-9-7-14(8-10-16)23(25)26;/h7-10,15,24H,6,11-13H2,1-5H3,(H,20,21);1H. The van der Waals surface area contributed by atoms with Crippen LogP contribution in [0.15, 0.2) is 29.3 Å². The lowest BCUT2D eigenvalue weighted by molar-refractivity contribution is -0.384. The molecule has 1 aliphatic rings. The van der Waals surface area contributed by atoms with Crippen molar-refractivity contribution in [1.82, 2.24) is 10.2 Å². The third kappa shape index (κ3) is 5.47. The number of aliphatic hydroxyl groups excluding tert-OH is 1. The van der Waals surface area contributed by atoms with Gasteiger partial charge in [-0.05, 0) is 32.9 Å². The molecule has 1 aromatic carbocycles. The fraction of sp³-hybridized carbons (Fsp3) is 0.632. The van der Waals surface area contributed by atoms with E-state index < -0.39 is 11.0 Å². The van der Waals surface area contributed by atoms with Crippen molar-refractivity contribution in [2.75, 3.05) is 26.2 Å². The van der Waals surface area contributed by atoms with E-state index in [2.05, 4.69) is 42.9 Å². The summed E-state index contributed by atoms with van der Waals surface area (Å²) in [7, 11) is 0. The number of hydrogen-bond acceptors (Lipinski definition) is 5. The molecular weight excluding hydrogens is 475 g/mol. The molecule has 0 saturated carbocycles. The molecule has 8 nitrogen and oxygen atoms in total. The molecule has 28 heavy (non-hydrogen) atoms. The minimum atomic E-state index is -0.772. The Kier molecular flexibility index (Phi) is 8.48. The Morgan fingerprint density at radius 3 is 2.43 bits per heavy atom. The first-order valence-electron chi connectivity index (χ1n) is 9.20. The summed E-state index contributed by atoms with van der Waals surface area (Å²) in [6.45, 7) is 12.8. The zero-order chi connectivity index (χ0) is 20.2. The fourth-order valence-corrected chi connectivity index (χ4v) is 2.90. The molecule has 1 unspecified atom stereocenters. The van der Waals surface area contributed by atoms with Crippen LogP contribution in [-0.2, 0) is 0 Å². The number of aliphatic hydroxyl groups is 1. The van der Waals surface area contributed by atoms with E-state index in [1.807, 2.05) is 6.92 Å². The van der Waals surface area contributed by atoms with Crippen molar-refractivity contribution in [1.29, 1.82) is 0 Å². The minimum Gasteiger partial charge on any atom is -0.491 e. The third-order valence-electron chi connectivity index (χ3n) is 5.42. The number of guanidine groups is 1. The van der Waals surface area contributed by atoms with Crippen LogP contribution >= 0.6 is 24.0 Å². The maximum absolute atomic E-state index is 10.7. The normalized spacial score (nSPS) is 18.5. The molecule has 0 aromatic heterocycles. The van der Waals surface area contributed by atoms with Crippen LogP contribution < -0.4 is 10.1 Å². The largest absolute Gasteiger partial charge is 0.491 e. The molecule has 1 aromatic rings. The number of halogens is 1. The molecule has 0 aliphatic carbocycles. The fourth-order valence-electron chi connectivity index (χ4n) is 2.90. The molecule has 2 rings (SSSR count). The Labute approximate surface area is 183 Å². The number of nitrogens with one attached hydrogen (secondary N) is 1. The zero-order valence-corrected chi connectivity index (χ0v) is 19.5. The Morgan fingerprint density at radius 2 is 1.96 bits per heavy atom. The van der Waals surface area contributed by atoms with Crippen LogP contribution in [0.2, 0.25) is 0 Å². The van der Waals surface area contributed by atoms with Gasteiger partial charge in [0.25, 0.3) is 5.69 Å². The van der Waals surface area contributed by atoms with Crippen molar-refractivity contribution in [2.24, 2.45) is 10.4 Å². The number of nitrogens with zero attached hydrogens (tertiary/aromatic N) is 3. The van der Waals surface area contributed by atoms with Gasteiger partial charge in [0.15, 0.2) is 5.96 Å². The van der Waals surface area contributed by atoms with Gasteiger partial charge in [-0.3, -0.25) is 15.1 Å². The molecule has 0 radical (unpaired) electrons. The summed E-state index contributed by atoms with van der Waals surface area (Å²) >= 11 is 0. The van der Waals surface area contributed by atoms with E-state index in [-0.39, 0.29) is 53.8 Å². The summed E-state index contributed by atoms with van der Waals surface area (Å²) in [5, 5.41) is 24.1. The Hall–Kier alpha value is -1.62. The number of aliphatic imine (C=N–C) groups is 1. The van der Waals surface area contributed by atoms with E-state index in [1.54, 1.807) is 0 Å². The average molecular weight is 506 g/mol. The first kappa shape index (κ1) is 24.4. The summed E-state index contributed by atoms with van der Waals surface area (Å²) < 4.78 is 5.49. The SMILES string of the molecule is CCNC(=NCC(O)COc1ccc([N+](=O)[O-])cc1)N1CC(C)(C)C1(C)C.I. The maximum atomic E-state index is 10.7. The average Bonchev–Trinajstić information content (AvgIpc) is 2.62. The molecule has 1 aliphatic heterocycles. The van der Waals surface area contributed by atoms with Gasteiger partial charge in [0.05, 0.1) is 11.5 Å². The van der Waals surface area contributed by atoms with Crippen LogP contribution in [0.5, 0.6) is 5.75 Å². The van der Waals surface area contributed by atoms with Gasteiger partial charge in [0.2, 0.25) is 0 Å². The highest BCUT2D eigenvalue weighted by molar-refractivity contribution is 14.0. The van der Waals surface area contributed by atoms with Gasteiger partial charge >= 0.3 is 0 Å². The molecule has 9 heteroatoms. The van der Waals surface area contributed by atoms with Crippen LogP contribution in [0.25, 0.3) is 0 Å². The van der Waals surface area contributed by atoms with E-state index in [4.69, 9.17) is 4.74 Å². The number of nitro benzene ring substituents is 1. The number of ether oxygens (including phenoxy) is 1. The van der Waals surface area contributed by atoms with E-state index in [0.29, 0.717) is 5.75 Å². The van der Waals surface area contributed by atoms with Gasteiger partial charge in [0.1, 0.15) is 18.5 Å². The van der Waals surface area contributed by atoms with Crippen molar-refractivity contribution in [3.05, 3.63) is 34.4 Å². The zero-order valence-electron chi connectivity index (χ0n) is 17.1. The molecule has 1 fully saturated rings. The van der Waals surface area contributed by atoms with Gasteiger partial charge in [-0.2, -0.15) is 0 Å². The Bertz CT molecular complexity index is 692. The monoisotopic (exact) mass is 506 g/mol. The summed E-state index contributed by atoms with van der Waals surface area (Å²) in [4.78, 5) is 17.0.